The summed E-state index contributed by atoms with van der Waals surface area (Å²) in [6, 6.07) is 6.80. The lowest BCUT2D eigenvalue weighted by atomic mass is 10.1. The highest BCUT2D eigenvalue weighted by molar-refractivity contribution is 9.10. The predicted octanol–water partition coefficient (Wildman–Crippen LogP) is 4.58. The van der Waals surface area contributed by atoms with E-state index in [0.717, 1.165) is 25.6 Å². The van der Waals surface area contributed by atoms with E-state index in [9.17, 15) is 23.1 Å². The van der Waals surface area contributed by atoms with Crippen LogP contribution in [0.4, 0.5) is 13.2 Å². The number of hydrogen-bond donors (Lipinski definition) is 3. The number of aromatic amines is 1. The van der Waals surface area contributed by atoms with Gasteiger partial charge in [0.25, 0.3) is 0 Å². The zero-order valence-electron chi connectivity index (χ0n) is 13.8. The van der Waals surface area contributed by atoms with Gasteiger partial charge in [0, 0.05) is 31.5 Å². The lowest BCUT2D eigenvalue weighted by Gasteiger charge is -2.14. The van der Waals surface area contributed by atoms with Crippen molar-refractivity contribution in [3.8, 4) is 0 Å². The molecule has 3 N–H and O–H groups in total. The van der Waals surface area contributed by atoms with Crippen LogP contribution < -0.4 is 5.32 Å². The topological polar surface area (TPSA) is 78.0 Å². The van der Waals surface area contributed by atoms with Crippen molar-refractivity contribution in [2.75, 3.05) is 0 Å². The standard InChI is InChI=1S/C17H15BrF3N3O2S/c18-14-10-3-1-2-4-12(10)27-13(14)8-22-11(16(25)26)6-5-9-7-23-24-15(9)17(19,20)21/h1-4,7,11,22H,5-6,8H2,(H,23,24)(H,25,26)/t11-/m1/s1. The van der Waals surface area contributed by atoms with Crippen LogP contribution in [0, 0.1) is 0 Å². The highest BCUT2D eigenvalue weighted by Gasteiger charge is 2.35. The van der Waals surface area contributed by atoms with E-state index in [-0.39, 0.29) is 18.4 Å². The third-order valence-electron chi connectivity index (χ3n) is 4.11. The molecular formula is C17H15BrF3N3O2S. The number of fused-ring (bicyclic) bond motifs is 1. The summed E-state index contributed by atoms with van der Waals surface area (Å²) in [6.45, 7) is 0.300. The second-order valence-electron chi connectivity index (χ2n) is 5.91. The lowest BCUT2D eigenvalue weighted by Crippen LogP contribution is -2.36. The van der Waals surface area contributed by atoms with Crippen LogP contribution in [-0.2, 0) is 23.9 Å². The summed E-state index contributed by atoms with van der Waals surface area (Å²) >= 11 is 5.06. The normalized spacial score (nSPS) is 13.2. The lowest BCUT2D eigenvalue weighted by molar-refractivity contribution is -0.141. The number of alkyl halides is 3. The maximum absolute atomic E-state index is 12.9. The van der Waals surface area contributed by atoms with Gasteiger partial charge in [0.2, 0.25) is 0 Å². The van der Waals surface area contributed by atoms with Crippen molar-refractivity contribution in [1.82, 2.24) is 15.5 Å². The van der Waals surface area contributed by atoms with Crippen molar-refractivity contribution in [3.05, 3.63) is 51.1 Å². The number of benzene rings is 1. The molecule has 0 unspecified atom stereocenters. The van der Waals surface area contributed by atoms with Crippen LogP contribution in [0.15, 0.2) is 34.9 Å². The number of halogens is 4. The molecule has 0 radical (unpaired) electrons. The molecule has 0 aliphatic carbocycles. The zero-order valence-corrected chi connectivity index (χ0v) is 16.2. The Balaban J connectivity index is 1.67. The Labute approximate surface area is 164 Å². The Morgan fingerprint density at radius 2 is 2.11 bits per heavy atom. The molecule has 0 saturated carbocycles. The molecule has 0 amide bonds. The monoisotopic (exact) mass is 461 g/mol. The summed E-state index contributed by atoms with van der Waals surface area (Å²) in [7, 11) is 0. The SMILES string of the molecule is O=C(O)[C@@H](CCc1cn[nH]c1C(F)(F)F)NCc1sc2ccccc2c1Br. The van der Waals surface area contributed by atoms with Gasteiger partial charge in [-0.15, -0.1) is 11.3 Å². The molecule has 2 heterocycles. The number of nitrogens with zero attached hydrogens (tertiary/aromatic N) is 1. The minimum atomic E-state index is -4.54. The molecule has 0 fully saturated rings. The van der Waals surface area contributed by atoms with E-state index in [1.165, 1.54) is 11.3 Å². The molecule has 2 aromatic heterocycles. The summed E-state index contributed by atoms with van der Waals surface area (Å²) in [4.78, 5) is 12.4. The van der Waals surface area contributed by atoms with Crippen LogP contribution >= 0.6 is 27.3 Å². The fourth-order valence-electron chi connectivity index (χ4n) is 2.75. The average molecular weight is 462 g/mol. The number of carboxylic acids is 1. The minimum Gasteiger partial charge on any atom is -0.480 e. The van der Waals surface area contributed by atoms with Gasteiger partial charge in [-0.05, 0) is 34.8 Å². The molecule has 1 atom stereocenters. The molecule has 0 aliphatic heterocycles. The number of aryl methyl sites for hydroxylation is 1. The highest BCUT2D eigenvalue weighted by atomic mass is 79.9. The third-order valence-corrected chi connectivity index (χ3v) is 6.45. The number of carboxylic acid groups (broad SMARTS) is 1. The number of carbonyl (C=O) groups is 1. The molecule has 0 bridgehead atoms. The van der Waals surface area contributed by atoms with Gasteiger partial charge < -0.3 is 5.11 Å². The molecule has 5 nitrogen and oxygen atoms in total. The van der Waals surface area contributed by atoms with Gasteiger partial charge in [-0.2, -0.15) is 18.3 Å². The number of hydrogen-bond acceptors (Lipinski definition) is 4. The van der Waals surface area contributed by atoms with E-state index in [2.05, 4.69) is 26.3 Å². The molecule has 10 heteroatoms. The fourth-order valence-corrected chi connectivity index (χ4v) is 4.66. The first kappa shape index (κ1) is 19.8. The summed E-state index contributed by atoms with van der Waals surface area (Å²) in [6.07, 6.45) is -3.49. The molecule has 3 rings (SSSR count). The van der Waals surface area contributed by atoms with E-state index in [4.69, 9.17) is 0 Å². The molecule has 0 aliphatic rings. The molecule has 27 heavy (non-hydrogen) atoms. The molecular weight excluding hydrogens is 447 g/mol. The highest BCUT2D eigenvalue weighted by Crippen LogP contribution is 2.35. The van der Waals surface area contributed by atoms with Crippen LogP contribution in [0.1, 0.15) is 22.6 Å². The molecule has 3 aromatic rings. The Kier molecular flexibility index (Phi) is 5.87. The number of thiophene rings is 1. The first-order chi connectivity index (χ1) is 12.8. The van der Waals surface area contributed by atoms with Crippen molar-refractivity contribution in [2.45, 2.75) is 31.6 Å². The second-order valence-corrected chi connectivity index (χ2v) is 7.84. The van der Waals surface area contributed by atoms with Crippen molar-refractivity contribution < 1.29 is 23.1 Å². The Bertz CT molecular complexity index is 954. The molecule has 1 aromatic carbocycles. The van der Waals surface area contributed by atoms with Gasteiger partial charge in [-0.1, -0.05) is 18.2 Å². The third kappa shape index (κ3) is 4.50. The largest absolute Gasteiger partial charge is 0.480 e. The zero-order chi connectivity index (χ0) is 19.6. The van der Waals surface area contributed by atoms with E-state index in [1.807, 2.05) is 29.4 Å². The number of aliphatic carboxylic acids is 1. The maximum Gasteiger partial charge on any atom is 0.433 e. The van der Waals surface area contributed by atoms with Gasteiger partial charge in [0.1, 0.15) is 11.7 Å². The van der Waals surface area contributed by atoms with E-state index in [0.29, 0.717) is 6.54 Å². The number of nitrogens with one attached hydrogen (secondary N) is 2. The van der Waals surface area contributed by atoms with Gasteiger partial charge in [-0.3, -0.25) is 15.2 Å². The summed E-state index contributed by atoms with van der Waals surface area (Å²) in [5, 5.41) is 18.7. The molecule has 144 valence electrons. The van der Waals surface area contributed by atoms with Crippen LogP contribution in [-0.4, -0.2) is 27.3 Å². The van der Waals surface area contributed by atoms with Crippen LogP contribution in [0.5, 0.6) is 0 Å². The minimum absolute atomic E-state index is 0.0143. The number of rotatable bonds is 7. The Hall–Kier alpha value is -1.91. The van der Waals surface area contributed by atoms with Crippen LogP contribution in [0.25, 0.3) is 10.1 Å². The number of H-pyrrole nitrogens is 1. The second kappa shape index (κ2) is 7.99. The average Bonchev–Trinajstić information content (AvgIpc) is 3.20. The quantitative estimate of drug-likeness (QED) is 0.481. The Morgan fingerprint density at radius 1 is 1.37 bits per heavy atom. The van der Waals surface area contributed by atoms with Crippen molar-refractivity contribution in [2.24, 2.45) is 0 Å². The first-order valence-electron chi connectivity index (χ1n) is 7.99. The molecule has 0 saturated heterocycles. The van der Waals surface area contributed by atoms with E-state index in [1.54, 1.807) is 0 Å². The first-order valence-corrected chi connectivity index (χ1v) is 9.60. The van der Waals surface area contributed by atoms with Gasteiger partial charge in [-0.25, -0.2) is 0 Å². The Morgan fingerprint density at radius 3 is 2.78 bits per heavy atom. The van der Waals surface area contributed by atoms with E-state index < -0.39 is 23.9 Å². The number of aromatic nitrogens is 2. The summed E-state index contributed by atoms with van der Waals surface area (Å²) < 4.78 is 40.6. The van der Waals surface area contributed by atoms with Gasteiger partial charge in [0.15, 0.2) is 0 Å². The van der Waals surface area contributed by atoms with Gasteiger partial charge >= 0.3 is 12.1 Å². The predicted molar refractivity (Wildman–Crippen MR) is 99.7 cm³/mol. The summed E-state index contributed by atoms with van der Waals surface area (Å²) in [5.41, 5.74) is -0.975. The van der Waals surface area contributed by atoms with E-state index >= 15 is 0 Å². The van der Waals surface area contributed by atoms with Crippen LogP contribution in [0.2, 0.25) is 0 Å². The summed E-state index contributed by atoms with van der Waals surface area (Å²) in [5.74, 6) is -1.11. The smallest absolute Gasteiger partial charge is 0.433 e. The van der Waals surface area contributed by atoms with Crippen LogP contribution in [0.3, 0.4) is 0 Å². The molecule has 0 spiro atoms. The van der Waals surface area contributed by atoms with Crippen molar-refractivity contribution in [1.29, 1.82) is 0 Å². The van der Waals surface area contributed by atoms with Gasteiger partial charge in [0.05, 0.1) is 6.20 Å². The fraction of sp³-hybridized carbons (Fsp3) is 0.294. The van der Waals surface area contributed by atoms with Crippen molar-refractivity contribution in [3.63, 3.8) is 0 Å². The maximum atomic E-state index is 12.9. The van der Waals surface area contributed by atoms with Crippen molar-refractivity contribution >= 4 is 43.3 Å².